The van der Waals surface area contributed by atoms with E-state index in [2.05, 4.69) is 4.98 Å². The van der Waals surface area contributed by atoms with Gasteiger partial charge in [0, 0.05) is 18.0 Å². The predicted octanol–water partition coefficient (Wildman–Crippen LogP) is 2.60. The number of aryl methyl sites for hydroxylation is 2. The summed E-state index contributed by atoms with van der Waals surface area (Å²) in [4.78, 5) is 4.37. The quantitative estimate of drug-likeness (QED) is 0.853. The summed E-state index contributed by atoms with van der Waals surface area (Å²) in [5, 5.41) is 0.759. The van der Waals surface area contributed by atoms with E-state index in [0.717, 1.165) is 27.2 Å². The molecule has 2 aromatic rings. The maximum atomic E-state index is 6.14. The highest BCUT2D eigenvalue weighted by atomic mass is 35.5. The third-order valence-corrected chi connectivity index (χ3v) is 3.02. The van der Waals surface area contributed by atoms with Crippen LogP contribution >= 0.6 is 11.6 Å². The molecule has 0 fully saturated rings. The zero-order chi connectivity index (χ0) is 11.0. The number of hydrogen-bond donors (Lipinski definition) is 1. The fraction of sp³-hybridized carbons (Fsp3) is 0.364. The summed E-state index contributed by atoms with van der Waals surface area (Å²) >= 11 is 6.14. The van der Waals surface area contributed by atoms with Crippen LogP contribution in [0.2, 0.25) is 5.02 Å². The van der Waals surface area contributed by atoms with E-state index in [0.29, 0.717) is 18.9 Å². The third kappa shape index (κ3) is 1.73. The Kier molecular flexibility index (Phi) is 2.67. The van der Waals surface area contributed by atoms with Gasteiger partial charge in [-0.15, -0.1) is 0 Å². The zero-order valence-electron chi connectivity index (χ0n) is 8.80. The maximum Gasteiger partial charge on any atom is 0.196 e. The number of aromatic nitrogens is 1. The van der Waals surface area contributed by atoms with E-state index in [-0.39, 0.29) is 0 Å². The molecule has 1 aromatic carbocycles. The molecular formula is C11H13ClN2O. The van der Waals surface area contributed by atoms with E-state index in [1.807, 2.05) is 19.9 Å². The van der Waals surface area contributed by atoms with E-state index in [1.165, 1.54) is 0 Å². The van der Waals surface area contributed by atoms with Gasteiger partial charge in [0.2, 0.25) is 0 Å². The fourth-order valence-corrected chi connectivity index (χ4v) is 1.78. The Morgan fingerprint density at radius 3 is 2.87 bits per heavy atom. The average Bonchev–Trinajstić information content (AvgIpc) is 2.58. The van der Waals surface area contributed by atoms with Crippen LogP contribution in [0.3, 0.4) is 0 Å². The minimum absolute atomic E-state index is 0.540. The Labute approximate surface area is 93.2 Å². The number of hydrogen-bond acceptors (Lipinski definition) is 3. The van der Waals surface area contributed by atoms with Crippen LogP contribution in [0.1, 0.15) is 17.0 Å². The van der Waals surface area contributed by atoms with Gasteiger partial charge in [0.05, 0.1) is 0 Å². The number of fused-ring (bicyclic) bond motifs is 1. The second kappa shape index (κ2) is 3.83. The molecule has 0 unspecified atom stereocenters. The lowest BCUT2D eigenvalue weighted by Crippen LogP contribution is -2.02. The fourth-order valence-electron chi connectivity index (χ4n) is 1.63. The molecule has 2 rings (SSSR count). The van der Waals surface area contributed by atoms with Gasteiger partial charge < -0.3 is 10.2 Å². The largest absolute Gasteiger partial charge is 0.441 e. The number of nitrogens with two attached hydrogens (primary N) is 1. The Bertz CT molecular complexity index is 505. The molecule has 0 amide bonds. The maximum absolute atomic E-state index is 6.14. The van der Waals surface area contributed by atoms with E-state index >= 15 is 0 Å². The van der Waals surface area contributed by atoms with Crippen LogP contribution in [0.4, 0.5) is 0 Å². The Morgan fingerprint density at radius 1 is 1.47 bits per heavy atom. The van der Waals surface area contributed by atoms with Crippen LogP contribution in [0, 0.1) is 13.8 Å². The molecule has 0 radical (unpaired) electrons. The summed E-state index contributed by atoms with van der Waals surface area (Å²) < 4.78 is 5.58. The molecule has 0 aliphatic heterocycles. The lowest BCUT2D eigenvalue weighted by atomic mass is 10.1. The summed E-state index contributed by atoms with van der Waals surface area (Å²) in [7, 11) is 0. The number of oxazole rings is 1. The molecule has 3 nitrogen and oxygen atoms in total. The first-order valence-corrected chi connectivity index (χ1v) is 5.26. The van der Waals surface area contributed by atoms with Crippen molar-refractivity contribution < 1.29 is 4.42 Å². The van der Waals surface area contributed by atoms with Crippen LogP contribution < -0.4 is 5.73 Å². The van der Waals surface area contributed by atoms with Crippen molar-refractivity contribution in [3.05, 3.63) is 28.1 Å². The molecule has 0 spiro atoms. The zero-order valence-corrected chi connectivity index (χ0v) is 9.56. The first kappa shape index (κ1) is 10.5. The standard InChI is InChI=1S/C11H13ClN2O/c1-6-5-8-11(7(2)10(6)12)14-9(15-8)3-4-13/h5H,3-4,13H2,1-2H3. The van der Waals surface area contributed by atoms with Gasteiger partial charge in [0.15, 0.2) is 11.5 Å². The molecular weight excluding hydrogens is 212 g/mol. The van der Waals surface area contributed by atoms with Crippen LogP contribution in [0.5, 0.6) is 0 Å². The van der Waals surface area contributed by atoms with Gasteiger partial charge in [0.25, 0.3) is 0 Å². The number of benzene rings is 1. The third-order valence-electron chi connectivity index (χ3n) is 2.43. The smallest absolute Gasteiger partial charge is 0.196 e. The molecule has 0 saturated heterocycles. The SMILES string of the molecule is Cc1cc2oc(CCN)nc2c(C)c1Cl. The van der Waals surface area contributed by atoms with Crippen molar-refractivity contribution in [2.75, 3.05) is 6.54 Å². The van der Waals surface area contributed by atoms with Crippen molar-refractivity contribution in [2.45, 2.75) is 20.3 Å². The molecule has 4 heteroatoms. The molecule has 1 heterocycles. The van der Waals surface area contributed by atoms with Gasteiger partial charge >= 0.3 is 0 Å². The van der Waals surface area contributed by atoms with E-state index in [9.17, 15) is 0 Å². The van der Waals surface area contributed by atoms with Crippen molar-refractivity contribution in [3.63, 3.8) is 0 Å². The normalized spacial score (nSPS) is 11.2. The lowest BCUT2D eigenvalue weighted by Gasteiger charge is -2.00. The van der Waals surface area contributed by atoms with Gasteiger partial charge in [-0.25, -0.2) is 4.98 Å². The van der Waals surface area contributed by atoms with E-state index < -0.39 is 0 Å². The highest BCUT2D eigenvalue weighted by Crippen LogP contribution is 2.29. The van der Waals surface area contributed by atoms with Gasteiger partial charge in [-0.1, -0.05) is 11.6 Å². The summed E-state index contributed by atoms with van der Waals surface area (Å²) in [5.41, 5.74) is 9.07. The van der Waals surface area contributed by atoms with Gasteiger partial charge in [-0.3, -0.25) is 0 Å². The van der Waals surface area contributed by atoms with Crippen LogP contribution in [-0.2, 0) is 6.42 Å². The molecule has 0 bridgehead atoms. The van der Waals surface area contributed by atoms with Gasteiger partial charge in [-0.2, -0.15) is 0 Å². The van der Waals surface area contributed by atoms with Crippen molar-refractivity contribution in [2.24, 2.45) is 5.73 Å². The van der Waals surface area contributed by atoms with Crippen molar-refractivity contribution in [3.8, 4) is 0 Å². The predicted molar refractivity (Wildman–Crippen MR) is 61.3 cm³/mol. The second-order valence-corrected chi connectivity index (χ2v) is 4.00. The van der Waals surface area contributed by atoms with Gasteiger partial charge in [0.1, 0.15) is 5.52 Å². The van der Waals surface area contributed by atoms with E-state index in [4.69, 9.17) is 21.8 Å². The molecule has 0 aliphatic rings. The summed E-state index contributed by atoms with van der Waals surface area (Å²) in [6.45, 7) is 4.45. The summed E-state index contributed by atoms with van der Waals surface area (Å²) in [5.74, 6) is 0.678. The first-order valence-electron chi connectivity index (χ1n) is 4.88. The van der Waals surface area contributed by atoms with Crippen molar-refractivity contribution in [1.82, 2.24) is 4.98 Å². The molecule has 15 heavy (non-hydrogen) atoms. The number of rotatable bonds is 2. The lowest BCUT2D eigenvalue weighted by molar-refractivity contribution is 0.531. The summed E-state index contributed by atoms with van der Waals surface area (Å²) in [6.07, 6.45) is 0.658. The van der Waals surface area contributed by atoms with Crippen LogP contribution in [0.15, 0.2) is 10.5 Å². The molecule has 80 valence electrons. The van der Waals surface area contributed by atoms with Gasteiger partial charge in [-0.05, 0) is 31.0 Å². The molecule has 0 aliphatic carbocycles. The first-order chi connectivity index (χ1) is 7.13. The number of halogens is 1. The number of nitrogens with zero attached hydrogens (tertiary/aromatic N) is 1. The summed E-state index contributed by atoms with van der Waals surface area (Å²) in [6, 6.07) is 1.91. The van der Waals surface area contributed by atoms with Crippen LogP contribution in [-0.4, -0.2) is 11.5 Å². The van der Waals surface area contributed by atoms with E-state index in [1.54, 1.807) is 0 Å². The Morgan fingerprint density at radius 2 is 2.20 bits per heavy atom. The monoisotopic (exact) mass is 224 g/mol. The minimum Gasteiger partial charge on any atom is -0.441 e. The highest BCUT2D eigenvalue weighted by molar-refractivity contribution is 6.33. The van der Waals surface area contributed by atoms with Crippen LogP contribution in [0.25, 0.3) is 11.1 Å². The van der Waals surface area contributed by atoms with Crippen molar-refractivity contribution >= 4 is 22.7 Å². The molecule has 0 atom stereocenters. The average molecular weight is 225 g/mol. The Hall–Kier alpha value is -1.06. The highest BCUT2D eigenvalue weighted by Gasteiger charge is 2.11. The molecule has 1 aromatic heterocycles. The Balaban J connectivity index is 2.65. The minimum atomic E-state index is 0.540. The van der Waals surface area contributed by atoms with Crippen molar-refractivity contribution in [1.29, 1.82) is 0 Å². The molecule has 0 saturated carbocycles. The second-order valence-electron chi connectivity index (χ2n) is 3.63. The molecule has 2 N–H and O–H groups in total. The topological polar surface area (TPSA) is 52.0 Å².